The largest absolute Gasteiger partial charge is 0.388 e. The zero-order chi connectivity index (χ0) is 19.4. The molecule has 1 amide bonds. The molecule has 8 heteroatoms. The lowest BCUT2D eigenvalue weighted by Crippen LogP contribution is -2.65. The average molecular weight is 391 g/mol. The molecule has 0 aromatic carbocycles. The van der Waals surface area contributed by atoms with Crippen LogP contribution in [-0.2, 0) is 9.53 Å². The van der Waals surface area contributed by atoms with Gasteiger partial charge in [-0.3, -0.25) is 4.79 Å². The van der Waals surface area contributed by atoms with Gasteiger partial charge in [-0.25, -0.2) is 0 Å². The number of amides is 1. The molecular weight excluding hydrogens is 356 g/mol. The summed E-state index contributed by atoms with van der Waals surface area (Å²) >= 11 is 1.27. The Morgan fingerprint density at radius 2 is 1.96 bits per heavy atom. The third kappa shape index (κ3) is 4.91. The minimum atomic E-state index is -1.30. The molecule has 26 heavy (non-hydrogen) atoms. The van der Waals surface area contributed by atoms with Crippen LogP contribution in [0.3, 0.4) is 0 Å². The molecule has 2 rings (SSSR count). The number of aliphatic hydroxyl groups is 3. The van der Waals surface area contributed by atoms with Gasteiger partial charge in [0.05, 0.1) is 12.1 Å². The Hall–Kier alpha value is -0.380. The fourth-order valence-corrected chi connectivity index (χ4v) is 4.50. The van der Waals surface area contributed by atoms with Gasteiger partial charge in [-0.1, -0.05) is 27.2 Å². The maximum Gasteiger partial charge on any atom is 0.237 e. The lowest BCUT2D eigenvalue weighted by molar-refractivity contribution is -0.208. The van der Waals surface area contributed by atoms with Crippen molar-refractivity contribution >= 4 is 17.7 Å². The highest BCUT2D eigenvalue weighted by Gasteiger charge is 2.47. The highest BCUT2D eigenvalue weighted by molar-refractivity contribution is 7.99. The fourth-order valence-electron chi connectivity index (χ4n) is 3.83. The van der Waals surface area contributed by atoms with Gasteiger partial charge in [-0.05, 0) is 37.5 Å². The summed E-state index contributed by atoms with van der Waals surface area (Å²) in [5.41, 5.74) is -0.645. The molecule has 0 aromatic heterocycles. The van der Waals surface area contributed by atoms with E-state index in [9.17, 15) is 20.1 Å². The van der Waals surface area contributed by atoms with Gasteiger partial charge < -0.3 is 30.7 Å². The number of aliphatic hydroxyl groups excluding tert-OH is 3. The van der Waals surface area contributed by atoms with E-state index in [1.54, 1.807) is 6.26 Å². The first kappa shape index (κ1) is 21.9. The van der Waals surface area contributed by atoms with Crippen molar-refractivity contribution in [2.45, 2.75) is 82.0 Å². The first-order valence-corrected chi connectivity index (χ1v) is 10.8. The molecule has 7 nitrogen and oxygen atoms in total. The zero-order valence-electron chi connectivity index (χ0n) is 16.1. The SMILES string of the molecule is CC[C@@H]1CCN[C@H](C(=O)N[C@H](C(C)C)[C@H]2O[C@H](SC)[C@H](O)[C@@H](O)[C@H]2O)C1. The monoisotopic (exact) mass is 390 g/mol. The highest BCUT2D eigenvalue weighted by Crippen LogP contribution is 2.30. The summed E-state index contributed by atoms with van der Waals surface area (Å²) < 4.78 is 5.85. The van der Waals surface area contributed by atoms with Crippen LogP contribution in [0.25, 0.3) is 0 Å². The second-order valence-electron chi connectivity index (χ2n) is 7.76. The molecule has 0 spiro atoms. The predicted molar refractivity (Wildman–Crippen MR) is 102 cm³/mol. The minimum absolute atomic E-state index is 0.00545. The molecule has 2 saturated heterocycles. The van der Waals surface area contributed by atoms with Gasteiger partial charge in [0.1, 0.15) is 29.9 Å². The van der Waals surface area contributed by atoms with Crippen LogP contribution in [0.5, 0.6) is 0 Å². The summed E-state index contributed by atoms with van der Waals surface area (Å²) in [6.07, 6.45) is 0.210. The smallest absolute Gasteiger partial charge is 0.237 e. The van der Waals surface area contributed by atoms with E-state index >= 15 is 0 Å². The number of carbonyl (C=O) groups excluding carboxylic acids is 1. The van der Waals surface area contributed by atoms with E-state index in [0.29, 0.717) is 5.92 Å². The van der Waals surface area contributed by atoms with Gasteiger partial charge in [0.25, 0.3) is 0 Å². The summed E-state index contributed by atoms with van der Waals surface area (Å²) in [5, 5.41) is 36.9. The topological polar surface area (TPSA) is 111 Å². The summed E-state index contributed by atoms with van der Waals surface area (Å²) in [4.78, 5) is 12.8. The molecule has 0 saturated carbocycles. The zero-order valence-corrected chi connectivity index (χ0v) is 16.9. The summed E-state index contributed by atoms with van der Waals surface area (Å²) in [7, 11) is 0. The van der Waals surface area contributed by atoms with Crippen molar-refractivity contribution in [1.82, 2.24) is 10.6 Å². The lowest BCUT2D eigenvalue weighted by Gasteiger charge is -2.44. The maximum absolute atomic E-state index is 12.8. The average Bonchev–Trinajstić information content (AvgIpc) is 2.64. The Kier molecular flexibility index (Phi) is 8.18. The van der Waals surface area contributed by atoms with Crippen LogP contribution in [0.2, 0.25) is 0 Å². The van der Waals surface area contributed by atoms with Gasteiger partial charge in [0, 0.05) is 0 Å². The van der Waals surface area contributed by atoms with Crippen LogP contribution in [-0.4, -0.2) is 76.0 Å². The second kappa shape index (κ2) is 9.71. The van der Waals surface area contributed by atoms with E-state index < -0.39 is 35.9 Å². The van der Waals surface area contributed by atoms with E-state index in [4.69, 9.17) is 4.74 Å². The molecule has 152 valence electrons. The van der Waals surface area contributed by atoms with Crippen LogP contribution >= 0.6 is 11.8 Å². The number of hydrogen-bond acceptors (Lipinski definition) is 7. The Morgan fingerprint density at radius 1 is 1.27 bits per heavy atom. The third-order valence-corrected chi connectivity index (χ3v) is 6.48. The van der Waals surface area contributed by atoms with E-state index in [1.807, 2.05) is 13.8 Å². The van der Waals surface area contributed by atoms with Gasteiger partial charge >= 0.3 is 0 Å². The highest BCUT2D eigenvalue weighted by atomic mass is 32.2. The molecule has 5 N–H and O–H groups in total. The molecular formula is C18H34N2O5S. The number of hydrogen-bond donors (Lipinski definition) is 5. The molecule has 2 fully saturated rings. The number of carbonyl (C=O) groups is 1. The number of rotatable bonds is 6. The van der Waals surface area contributed by atoms with Crippen molar-refractivity contribution in [1.29, 1.82) is 0 Å². The Balaban J connectivity index is 2.09. The second-order valence-corrected chi connectivity index (χ2v) is 8.70. The van der Waals surface area contributed by atoms with Crippen LogP contribution in [0, 0.1) is 11.8 Å². The summed E-state index contributed by atoms with van der Waals surface area (Å²) in [6, 6.07) is -0.708. The van der Waals surface area contributed by atoms with Crippen molar-refractivity contribution in [2.75, 3.05) is 12.8 Å². The number of ether oxygens (including phenoxy) is 1. The van der Waals surface area contributed by atoms with Crippen molar-refractivity contribution < 1.29 is 24.9 Å². The van der Waals surface area contributed by atoms with E-state index in [0.717, 1.165) is 25.8 Å². The normalized spacial score (nSPS) is 39.6. The molecule has 0 aromatic rings. The molecule has 2 aliphatic heterocycles. The van der Waals surface area contributed by atoms with Gasteiger partial charge in [0.2, 0.25) is 5.91 Å². The van der Waals surface area contributed by atoms with Crippen molar-refractivity contribution in [3.8, 4) is 0 Å². The van der Waals surface area contributed by atoms with Crippen LogP contribution in [0.15, 0.2) is 0 Å². The van der Waals surface area contributed by atoms with E-state index in [2.05, 4.69) is 17.6 Å². The summed E-state index contributed by atoms with van der Waals surface area (Å²) in [6.45, 7) is 6.85. The molecule has 8 atom stereocenters. The fraction of sp³-hybridized carbons (Fsp3) is 0.944. The van der Waals surface area contributed by atoms with Gasteiger partial charge in [-0.2, -0.15) is 0 Å². The van der Waals surface area contributed by atoms with Crippen molar-refractivity contribution in [2.24, 2.45) is 11.8 Å². The molecule has 0 unspecified atom stereocenters. The Bertz CT molecular complexity index is 465. The van der Waals surface area contributed by atoms with E-state index in [1.165, 1.54) is 11.8 Å². The number of piperidine rings is 1. The van der Waals surface area contributed by atoms with Gasteiger partial charge in [-0.15, -0.1) is 11.8 Å². The molecule has 0 radical (unpaired) electrons. The van der Waals surface area contributed by atoms with Crippen LogP contribution < -0.4 is 10.6 Å². The third-order valence-electron chi connectivity index (χ3n) is 5.63. The number of thioether (sulfide) groups is 1. The molecule has 2 heterocycles. The quantitative estimate of drug-likeness (QED) is 0.437. The number of nitrogens with one attached hydrogen (secondary N) is 2. The predicted octanol–water partition coefficient (Wildman–Crippen LogP) is 0.0760. The van der Waals surface area contributed by atoms with Crippen LogP contribution in [0.1, 0.15) is 40.0 Å². The first-order chi connectivity index (χ1) is 12.3. The molecule has 2 aliphatic rings. The Morgan fingerprint density at radius 3 is 2.54 bits per heavy atom. The van der Waals surface area contributed by atoms with Crippen molar-refractivity contribution in [3.05, 3.63) is 0 Å². The minimum Gasteiger partial charge on any atom is -0.388 e. The van der Waals surface area contributed by atoms with Crippen molar-refractivity contribution in [3.63, 3.8) is 0 Å². The maximum atomic E-state index is 12.8. The standard InChI is InChI=1S/C18H34N2O5S/c1-5-10-6-7-19-11(8-10)17(24)20-12(9(2)3)16-14(22)13(21)15(23)18(25-16)26-4/h9-16,18-19,21-23H,5-8H2,1-4H3,(H,20,24)/t10-,11+,12-,13+,14-,15-,16-,18-/m1/s1. The lowest BCUT2D eigenvalue weighted by atomic mass is 9.87. The van der Waals surface area contributed by atoms with Crippen LogP contribution in [0.4, 0.5) is 0 Å². The molecule has 0 bridgehead atoms. The molecule has 0 aliphatic carbocycles. The Labute approximate surface area is 160 Å². The van der Waals surface area contributed by atoms with E-state index in [-0.39, 0.29) is 17.9 Å². The summed E-state index contributed by atoms with van der Waals surface area (Å²) in [5.74, 6) is 0.437. The van der Waals surface area contributed by atoms with Gasteiger partial charge in [0.15, 0.2) is 0 Å². The first-order valence-electron chi connectivity index (χ1n) is 9.56.